The molecule has 0 saturated heterocycles. The molecule has 1 nitrogen and oxygen atoms in total. The van der Waals surface area contributed by atoms with Gasteiger partial charge in [0.1, 0.15) is 11.6 Å². The molecule has 4 aromatic rings. The number of hydrogen-bond donors (Lipinski definition) is 0. The number of ether oxygens (including phenoxy) is 1. The van der Waals surface area contributed by atoms with Crippen LogP contribution >= 0.6 is 0 Å². The third kappa shape index (κ3) is 6.59. The van der Waals surface area contributed by atoms with Crippen LogP contribution in [0.15, 0.2) is 91.0 Å². The van der Waals surface area contributed by atoms with Crippen LogP contribution < -0.4 is 4.74 Å². The number of benzene rings is 4. The van der Waals surface area contributed by atoms with Crippen LogP contribution in [0.4, 0.5) is 13.2 Å². The van der Waals surface area contributed by atoms with Crippen molar-refractivity contribution >= 4 is 10.8 Å². The van der Waals surface area contributed by atoms with E-state index < -0.39 is 12.4 Å². The first-order valence-corrected chi connectivity index (χ1v) is 11.5. The normalized spacial score (nSPS) is 10.7. The van der Waals surface area contributed by atoms with E-state index in [1.165, 1.54) is 17.7 Å². The SMILES string of the molecule is C/C=C/CCc1ccc(C#Cc2ccc3c(F)c(C#Cc4ccc(OC(F)F)cc4)ccc3c2)cc1. The molecule has 0 aromatic heterocycles. The second kappa shape index (κ2) is 11.8. The van der Waals surface area contributed by atoms with Crippen molar-refractivity contribution < 1.29 is 17.9 Å². The first-order valence-electron chi connectivity index (χ1n) is 11.5. The van der Waals surface area contributed by atoms with Gasteiger partial charge in [0.15, 0.2) is 0 Å². The Morgan fingerprint density at radius 1 is 0.778 bits per heavy atom. The Hall–Kier alpha value is -4.41. The Morgan fingerprint density at radius 3 is 2.11 bits per heavy atom. The van der Waals surface area contributed by atoms with Gasteiger partial charge in [0.2, 0.25) is 0 Å². The van der Waals surface area contributed by atoms with Gasteiger partial charge in [0.05, 0.1) is 5.56 Å². The molecular formula is C32H23F3O. The van der Waals surface area contributed by atoms with E-state index >= 15 is 4.39 Å². The Labute approximate surface area is 209 Å². The molecule has 178 valence electrons. The van der Waals surface area contributed by atoms with E-state index in [0.29, 0.717) is 10.9 Å². The van der Waals surface area contributed by atoms with Crippen LogP contribution in [0.3, 0.4) is 0 Å². The van der Waals surface area contributed by atoms with Crippen LogP contribution in [0.2, 0.25) is 0 Å². The van der Waals surface area contributed by atoms with Crippen molar-refractivity contribution in [3.8, 4) is 29.4 Å². The number of aryl methyl sites for hydroxylation is 1. The third-order valence-electron chi connectivity index (χ3n) is 5.52. The van der Waals surface area contributed by atoms with E-state index in [0.717, 1.165) is 29.4 Å². The molecule has 0 heterocycles. The lowest BCUT2D eigenvalue weighted by molar-refractivity contribution is -0.0498. The summed E-state index contributed by atoms with van der Waals surface area (Å²) in [7, 11) is 0. The standard InChI is InChI=1S/C32H23F3O/c1-2-3-4-5-23-6-8-24(9-7-23)10-11-26-15-21-30-28(22-26)18-17-27(31(30)33)16-12-25-13-19-29(20-14-25)36-32(34)35/h2-3,6-9,13-15,17-22,32H,4-5H2,1H3/b3-2+. The van der Waals surface area contributed by atoms with Crippen LogP contribution in [-0.2, 0) is 6.42 Å². The number of alkyl halides is 2. The van der Waals surface area contributed by atoms with Gasteiger partial charge in [0.25, 0.3) is 0 Å². The summed E-state index contributed by atoms with van der Waals surface area (Å²) in [4.78, 5) is 0. The second-order valence-corrected chi connectivity index (χ2v) is 8.07. The van der Waals surface area contributed by atoms with E-state index in [1.807, 2.05) is 31.2 Å². The van der Waals surface area contributed by atoms with Crippen LogP contribution in [0.5, 0.6) is 5.75 Å². The molecule has 0 aliphatic heterocycles. The summed E-state index contributed by atoms with van der Waals surface area (Å²) in [6, 6.07) is 22.9. The highest BCUT2D eigenvalue weighted by molar-refractivity contribution is 5.86. The van der Waals surface area contributed by atoms with Crippen molar-refractivity contribution in [2.75, 3.05) is 0 Å². The average Bonchev–Trinajstić information content (AvgIpc) is 2.88. The molecule has 0 radical (unpaired) electrons. The van der Waals surface area contributed by atoms with Crippen LogP contribution in [0.25, 0.3) is 10.8 Å². The van der Waals surface area contributed by atoms with E-state index in [-0.39, 0.29) is 11.3 Å². The molecule has 0 saturated carbocycles. The minimum absolute atomic E-state index is 0.0448. The van der Waals surface area contributed by atoms with Gasteiger partial charge < -0.3 is 4.74 Å². The maximum atomic E-state index is 15.1. The van der Waals surface area contributed by atoms with E-state index in [1.54, 1.807) is 30.3 Å². The average molecular weight is 481 g/mol. The summed E-state index contributed by atoms with van der Waals surface area (Å²) < 4.78 is 43.9. The molecule has 0 bridgehead atoms. The second-order valence-electron chi connectivity index (χ2n) is 8.07. The largest absolute Gasteiger partial charge is 0.435 e. The highest BCUT2D eigenvalue weighted by atomic mass is 19.3. The summed E-state index contributed by atoms with van der Waals surface area (Å²) >= 11 is 0. The molecule has 0 aliphatic carbocycles. The fourth-order valence-electron chi connectivity index (χ4n) is 3.64. The number of hydrogen-bond acceptors (Lipinski definition) is 1. The summed E-state index contributed by atoms with van der Waals surface area (Å²) in [5.41, 5.74) is 3.81. The van der Waals surface area contributed by atoms with Crippen LogP contribution in [0, 0.1) is 29.5 Å². The zero-order valence-electron chi connectivity index (χ0n) is 19.7. The smallest absolute Gasteiger partial charge is 0.387 e. The van der Waals surface area contributed by atoms with Crippen molar-refractivity contribution in [1.29, 1.82) is 0 Å². The predicted molar refractivity (Wildman–Crippen MR) is 139 cm³/mol. The number of fused-ring (bicyclic) bond motifs is 1. The monoisotopic (exact) mass is 480 g/mol. The lowest BCUT2D eigenvalue weighted by atomic mass is 10.0. The minimum atomic E-state index is -2.88. The number of rotatable bonds is 5. The van der Waals surface area contributed by atoms with Gasteiger partial charge >= 0.3 is 6.61 Å². The lowest BCUT2D eigenvalue weighted by Gasteiger charge is -2.04. The maximum Gasteiger partial charge on any atom is 0.387 e. The molecule has 4 heteroatoms. The first-order chi connectivity index (χ1) is 17.5. The Morgan fingerprint density at radius 2 is 1.42 bits per heavy atom. The molecular weight excluding hydrogens is 457 g/mol. The highest BCUT2D eigenvalue weighted by Crippen LogP contribution is 2.22. The van der Waals surface area contributed by atoms with Crippen LogP contribution in [-0.4, -0.2) is 6.61 Å². The van der Waals surface area contributed by atoms with Gasteiger partial charge in [-0.2, -0.15) is 8.78 Å². The van der Waals surface area contributed by atoms with Crippen LogP contribution in [0.1, 0.15) is 41.2 Å². The van der Waals surface area contributed by atoms with Crippen molar-refractivity contribution in [1.82, 2.24) is 0 Å². The van der Waals surface area contributed by atoms with Gasteiger partial charge in [-0.1, -0.05) is 60.1 Å². The Balaban J connectivity index is 1.49. The zero-order chi connectivity index (χ0) is 25.3. The maximum absolute atomic E-state index is 15.1. The van der Waals surface area contributed by atoms with E-state index in [9.17, 15) is 8.78 Å². The fourth-order valence-corrected chi connectivity index (χ4v) is 3.64. The molecule has 0 spiro atoms. The predicted octanol–water partition coefficient (Wildman–Crippen LogP) is 7.89. The molecule has 0 atom stereocenters. The molecule has 4 aromatic carbocycles. The highest BCUT2D eigenvalue weighted by Gasteiger charge is 2.07. The third-order valence-corrected chi connectivity index (χ3v) is 5.52. The molecule has 4 rings (SSSR count). The summed E-state index contributed by atoms with van der Waals surface area (Å²) in [5.74, 6) is 11.6. The zero-order valence-corrected chi connectivity index (χ0v) is 19.7. The van der Waals surface area contributed by atoms with Crippen molar-refractivity contribution in [3.05, 3.63) is 125 Å². The molecule has 0 unspecified atom stereocenters. The van der Waals surface area contributed by atoms with Gasteiger partial charge in [-0.15, -0.1) is 0 Å². The van der Waals surface area contributed by atoms with Gasteiger partial charge in [-0.3, -0.25) is 0 Å². The van der Waals surface area contributed by atoms with E-state index in [2.05, 4.69) is 52.7 Å². The molecule has 36 heavy (non-hydrogen) atoms. The molecule has 0 N–H and O–H groups in total. The first kappa shape index (κ1) is 24.7. The topological polar surface area (TPSA) is 9.23 Å². The van der Waals surface area contributed by atoms with Gasteiger partial charge in [-0.05, 0) is 85.3 Å². The Bertz CT molecular complexity index is 1490. The van der Waals surface area contributed by atoms with Gasteiger partial charge in [0, 0.05) is 22.1 Å². The Kier molecular flexibility index (Phi) is 8.12. The molecule has 0 amide bonds. The summed E-state index contributed by atoms with van der Waals surface area (Å²) in [6.07, 6.45) is 6.24. The van der Waals surface area contributed by atoms with Crippen molar-refractivity contribution in [2.24, 2.45) is 0 Å². The number of allylic oxidation sites excluding steroid dienone is 2. The fraction of sp³-hybridized carbons (Fsp3) is 0.125. The van der Waals surface area contributed by atoms with Crippen molar-refractivity contribution in [2.45, 2.75) is 26.4 Å². The van der Waals surface area contributed by atoms with Gasteiger partial charge in [-0.25, -0.2) is 4.39 Å². The molecule has 0 fully saturated rings. The lowest BCUT2D eigenvalue weighted by Crippen LogP contribution is -2.01. The number of halogens is 3. The van der Waals surface area contributed by atoms with E-state index in [4.69, 9.17) is 0 Å². The quantitative estimate of drug-likeness (QED) is 0.208. The van der Waals surface area contributed by atoms with Crippen molar-refractivity contribution in [3.63, 3.8) is 0 Å². The minimum Gasteiger partial charge on any atom is -0.435 e. The summed E-state index contributed by atoms with van der Waals surface area (Å²) in [6.45, 7) is -0.862. The molecule has 0 aliphatic rings. The summed E-state index contributed by atoms with van der Waals surface area (Å²) in [5, 5.41) is 1.19.